The molecule has 2 N–H and O–H groups in total. The highest BCUT2D eigenvalue weighted by atomic mass is 35.5. The van der Waals surface area contributed by atoms with Gasteiger partial charge in [0.05, 0.1) is 6.04 Å². The van der Waals surface area contributed by atoms with Gasteiger partial charge in [-0.2, -0.15) is 11.8 Å². The number of carbonyl (C=O) groups excluding carboxylic acids is 1. The molecule has 3 nitrogen and oxygen atoms in total. The number of nitrogens with zero attached hydrogens (tertiary/aromatic N) is 1. The first-order chi connectivity index (χ1) is 10.7. The van der Waals surface area contributed by atoms with Crippen LogP contribution in [-0.4, -0.2) is 35.4 Å². The summed E-state index contributed by atoms with van der Waals surface area (Å²) in [7, 11) is 0. The highest BCUT2D eigenvalue weighted by molar-refractivity contribution is 7.99. The molecule has 1 saturated carbocycles. The van der Waals surface area contributed by atoms with Crippen LogP contribution in [0.4, 0.5) is 0 Å². The van der Waals surface area contributed by atoms with Crippen LogP contribution in [0.2, 0.25) is 5.02 Å². The maximum atomic E-state index is 13.1. The zero-order valence-electron chi connectivity index (χ0n) is 13.1. The highest BCUT2D eigenvalue weighted by Gasteiger charge is 2.38. The molecular weight excluding hydrogens is 351 g/mol. The second-order valence-corrected chi connectivity index (χ2v) is 7.79. The fourth-order valence-electron chi connectivity index (χ4n) is 3.69. The molecule has 1 aliphatic heterocycles. The number of carbonyl (C=O) groups is 1. The molecule has 3 rings (SSSR count). The van der Waals surface area contributed by atoms with E-state index in [0.717, 1.165) is 42.3 Å². The average Bonchev–Trinajstić information content (AvgIpc) is 3.03. The number of benzene rings is 1. The lowest BCUT2D eigenvalue weighted by atomic mass is 9.93. The number of thioether (sulfide) groups is 1. The molecule has 128 valence electrons. The second-order valence-electron chi connectivity index (χ2n) is 6.21. The van der Waals surface area contributed by atoms with Crippen LogP contribution in [0.1, 0.15) is 30.9 Å². The van der Waals surface area contributed by atoms with Gasteiger partial charge in [-0.3, -0.25) is 4.79 Å². The third-order valence-electron chi connectivity index (χ3n) is 4.95. The van der Waals surface area contributed by atoms with Gasteiger partial charge in [0, 0.05) is 29.0 Å². The van der Waals surface area contributed by atoms with Crippen LogP contribution < -0.4 is 5.73 Å². The van der Waals surface area contributed by atoms with Crippen molar-refractivity contribution in [2.24, 2.45) is 17.6 Å². The first-order valence-electron chi connectivity index (χ1n) is 8.04. The Kier molecular flexibility index (Phi) is 7.08. The fraction of sp³-hybridized carbons (Fsp3) is 0.588. The fourth-order valence-corrected chi connectivity index (χ4v) is 4.90. The largest absolute Gasteiger partial charge is 0.334 e. The Morgan fingerprint density at radius 2 is 2.04 bits per heavy atom. The number of nitrogens with two attached hydrogens (primary N) is 1. The summed E-state index contributed by atoms with van der Waals surface area (Å²) in [5.41, 5.74) is 7.05. The molecule has 1 aromatic rings. The van der Waals surface area contributed by atoms with E-state index in [2.05, 4.69) is 4.90 Å². The quantitative estimate of drug-likeness (QED) is 0.875. The Bertz CT molecular complexity index is 526. The van der Waals surface area contributed by atoms with Crippen LogP contribution >= 0.6 is 35.8 Å². The van der Waals surface area contributed by atoms with Crippen molar-refractivity contribution in [3.05, 3.63) is 34.9 Å². The van der Waals surface area contributed by atoms with Crippen LogP contribution in [-0.2, 0) is 4.79 Å². The maximum absolute atomic E-state index is 13.1. The molecule has 1 saturated heterocycles. The third kappa shape index (κ3) is 4.16. The number of amides is 1. The minimum atomic E-state index is 0. The van der Waals surface area contributed by atoms with Gasteiger partial charge >= 0.3 is 0 Å². The first kappa shape index (κ1) is 18.9. The molecule has 0 bridgehead atoms. The Morgan fingerprint density at radius 3 is 2.74 bits per heavy atom. The van der Waals surface area contributed by atoms with E-state index in [1.54, 1.807) is 0 Å². The van der Waals surface area contributed by atoms with Crippen LogP contribution in [0.5, 0.6) is 0 Å². The van der Waals surface area contributed by atoms with Gasteiger partial charge in [0.15, 0.2) is 0 Å². The van der Waals surface area contributed by atoms with Gasteiger partial charge in [-0.25, -0.2) is 0 Å². The number of halogens is 2. The molecule has 1 unspecified atom stereocenters. The predicted octanol–water partition coefficient (Wildman–Crippen LogP) is 3.75. The van der Waals surface area contributed by atoms with Crippen molar-refractivity contribution in [1.29, 1.82) is 0 Å². The van der Waals surface area contributed by atoms with Gasteiger partial charge in [0.25, 0.3) is 0 Å². The Morgan fingerprint density at radius 1 is 1.30 bits per heavy atom. The summed E-state index contributed by atoms with van der Waals surface area (Å²) in [6, 6.07) is 8.10. The van der Waals surface area contributed by atoms with Crippen LogP contribution in [0, 0.1) is 11.8 Å². The molecule has 3 atom stereocenters. The van der Waals surface area contributed by atoms with E-state index >= 15 is 0 Å². The molecule has 0 spiro atoms. The molecule has 1 aliphatic carbocycles. The zero-order chi connectivity index (χ0) is 15.5. The van der Waals surface area contributed by atoms with E-state index in [9.17, 15) is 4.79 Å². The average molecular weight is 375 g/mol. The molecular formula is C17H24Cl2N2OS. The second kappa shape index (κ2) is 8.61. The van der Waals surface area contributed by atoms with E-state index in [0.29, 0.717) is 18.4 Å². The Balaban J connectivity index is 0.00000192. The van der Waals surface area contributed by atoms with Crippen molar-refractivity contribution >= 4 is 41.7 Å². The molecule has 23 heavy (non-hydrogen) atoms. The van der Waals surface area contributed by atoms with E-state index in [1.165, 1.54) is 5.56 Å². The third-order valence-corrected chi connectivity index (χ3v) is 6.22. The van der Waals surface area contributed by atoms with Crippen LogP contribution in [0.3, 0.4) is 0 Å². The van der Waals surface area contributed by atoms with E-state index in [-0.39, 0.29) is 24.4 Å². The summed E-state index contributed by atoms with van der Waals surface area (Å²) in [6.45, 7) is 1.47. The van der Waals surface area contributed by atoms with Crippen molar-refractivity contribution in [3.63, 3.8) is 0 Å². The number of hydrogen-bond acceptors (Lipinski definition) is 3. The van der Waals surface area contributed by atoms with Gasteiger partial charge in [-0.05, 0) is 43.0 Å². The standard InChI is InChI=1S/C17H23ClN2OS.ClH/c18-14-6-4-12(5-7-14)16-11-22-9-8-20(16)17(21)15-3-1-2-13(15)10-19;/h4-7,13,15-16H,1-3,8-11,19H2;1H/t13-,15-,16?;/m1./s1. The van der Waals surface area contributed by atoms with Crippen molar-refractivity contribution in [1.82, 2.24) is 4.90 Å². The van der Waals surface area contributed by atoms with Crippen molar-refractivity contribution in [2.75, 3.05) is 24.6 Å². The van der Waals surface area contributed by atoms with E-state index in [1.807, 2.05) is 36.0 Å². The minimum absolute atomic E-state index is 0. The summed E-state index contributed by atoms with van der Waals surface area (Å²) in [6.07, 6.45) is 3.23. The van der Waals surface area contributed by atoms with Crippen molar-refractivity contribution < 1.29 is 4.79 Å². The normalized spacial score (nSPS) is 27.6. The lowest BCUT2D eigenvalue weighted by molar-refractivity contribution is -0.138. The SMILES string of the molecule is Cl.NC[C@H]1CCC[C@H]1C(=O)N1CCSCC1c1ccc(Cl)cc1. The summed E-state index contributed by atoms with van der Waals surface area (Å²) in [4.78, 5) is 15.2. The Labute approximate surface area is 153 Å². The topological polar surface area (TPSA) is 46.3 Å². The highest BCUT2D eigenvalue weighted by Crippen LogP contribution is 2.37. The molecule has 1 heterocycles. The molecule has 0 radical (unpaired) electrons. The van der Waals surface area contributed by atoms with Crippen LogP contribution in [0.15, 0.2) is 24.3 Å². The molecule has 2 fully saturated rings. The maximum Gasteiger partial charge on any atom is 0.226 e. The van der Waals surface area contributed by atoms with Crippen LogP contribution in [0.25, 0.3) is 0 Å². The van der Waals surface area contributed by atoms with E-state index < -0.39 is 0 Å². The molecule has 1 amide bonds. The molecule has 6 heteroatoms. The lowest BCUT2D eigenvalue weighted by Gasteiger charge is -2.38. The lowest BCUT2D eigenvalue weighted by Crippen LogP contribution is -2.45. The van der Waals surface area contributed by atoms with Gasteiger partial charge in [-0.15, -0.1) is 12.4 Å². The summed E-state index contributed by atoms with van der Waals surface area (Å²) >= 11 is 7.91. The predicted molar refractivity (Wildman–Crippen MR) is 100 cm³/mol. The number of rotatable bonds is 3. The molecule has 0 aromatic heterocycles. The summed E-state index contributed by atoms with van der Waals surface area (Å²) in [5, 5.41) is 0.740. The van der Waals surface area contributed by atoms with Crippen molar-refractivity contribution in [2.45, 2.75) is 25.3 Å². The minimum Gasteiger partial charge on any atom is -0.334 e. The van der Waals surface area contributed by atoms with Gasteiger partial charge < -0.3 is 10.6 Å². The van der Waals surface area contributed by atoms with Gasteiger partial charge in [0.1, 0.15) is 0 Å². The summed E-state index contributed by atoms with van der Waals surface area (Å²) < 4.78 is 0. The van der Waals surface area contributed by atoms with E-state index in [4.69, 9.17) is 17.3 Å². The number of hydrogen-bond donors (Lipinski definition) is 1. The zero-order valence-corrected chi connectivity index (χ0v) is 15.5. The Hall–Kier alpha value is -0.420. The molecule has 2 aliphatic rings. The smallest absolute Gasteiger partial charge is 0.226 e. The van der Waals surface area contributed by atoms with Gasteiger partial charge in [-0.1, -0.05) is 30.2 Å². The van der Waals surface area contributed by atoms with Crippen molar-refractivity contribution in [3.8, 4) is 0 Å². The monoisotopic (exact) mass is 374 g/mol. The summed E-state index contributed by atoms with van der Waals surface area (Å²) in [5.74, 6) is 2.80. The first-order valence-corrected chi connectivity index (χ1v) is 9.57. The van der Waals surface area contributed by atoms with Gasteiger partial charge in [0.2, 0.25) is 5.91 Å². The molecule has 1 aromatic carbocycles.